The molecule has 0 saturated heterocycles. The van der Waals surface area contributed by atoms with Crippen LogP contribution in [-0.2, 0) is 0 Å². The third-order valence-electron chi connectivity index (χ3n) is 3.82. The van der Waals surface area contributed by atoms with E-state index in [9.17, 15) is 9.59 Å². The van der Waals surface area contributed by atoms with Crippen molar-refractivity contribution in [1.29, 1.82) is 5.26 Å². The summed E-state index contributed by atoms with van der Waals surface area (Å²) in [5.74, 6) is 0.158. The lowest BCUT2D eigenvalue weighted by atomic mass is 10.1. The number of pyridine rings is 1. The summed E-state index contributed by atoms with van der Waals surface area (Å²) in [5.41, 5.74) is 1.51. The van der Waals surface area contributed by atoms with Crippen LogP contribution in [0.25, 0.3) is 16.9 Å². The van der Waals surface area contributed by atoms with Crippen molar-refractivity contribution in [3.05, 3.63) is 70.3 Å². The summed E-state index contributed by atoms with van der Waals surface area (Å²) in [4.78, 5) is 29.1. The van der Waals surface area contributed by atoms with Crippen molar-refractivity contribution in [2.75, 3.05) is 0 Å². The maximum Gasteiger partial charge on any atom is 0.280 e. The highest BCUT2D eigenvalue weighted by molar-refractivity contribution is 5.94. The summed E-state index contributed by atoms with van der Waals surface area (Å²) >= 11 is 0. The average Bonchev–Trinajstić information content (AvgIpc) is 3.02. The minimum Gasteiger partial charge on any atom is -0.347 e. The SMILES string of the molecule is CC(C)(C)NC(=O)c1ccc(-n2[nH]cc(-c3ccc(C#N)cc3)c2=O)nc1. The Hall–Kier alpha value is -3.66. The van der Waals surface area contributed by atoms with Crippen LogP contribution < -0.4 is 10.9 Å². The van der Waals surface area contributed by atoms with Crippen molar-refractivity contribution in [2.24, 2.45) is 0 Å². The van der Waals surface area contributed by atoms with Gasteiger partial charge in [0.15, 0.2) is 5.82 Å². The van der Waals surface area contributed by atoms with E-state index in [1.54, 1.807) is 42.6 Å². The number of aromatic amines is 1. The third kappa shape index (κ3) is 3.96. The molecule has 0 aliphatic carbocycles. The Labute approximate surface area is 156 Å². The first-order valence-corrected chi connectivity index (χ1v) is 8.38. The number of carbonyl (C=O) groups is 1. The predicted octanol–water partition coefficient (Wildman–Crippen LogP) is 2.63. The van der Waals surface area contributed by atoms with Gasteiger partial charge in [-0.25, -0.2) is 9.67 Å². The Balaban J connectivity index is 1.87. The van der Waals surface area contributed by atoms with Gasteiger partial charge in [0.25, 0.3) is 11.5 Å². The van der Waals surface area contributed by atoms with Gasteiger partial charge in [-0.2, -0.15) is 5.26 Å². The molecule has 3 aromatic rings. The lowest BCUT2D eigenvalue weighted by Crippen LogP contribution is -2.40. The summed E-state index contributed by atoms with van der Waals surface area (Å²) in [7, 11) is 0. The van der Waals surface area contributed by atoms with E-state index in [1.807, 2.05) is 26.8 Å². The second-order valence-electron chi connectivity index (χ2n) is 7.13. The zero-order valence-corrected chi connectivity index (χ0v) is 15.3. The van der Waals surface area contributed by atoms with E-state index in [0.29, 0.717) is 28.1 Å². The van der Waals surface area contributed by atoms with Gasteiger partial charge < -0.3 is 5.32 Å². The Bertz CT molecular complexity index is 1060. The molecule has 1 amide bonds. The first-order chi connectivity index (χ1) is 12.8. The summed E-state index contributed by atoms with van der Waals surface area (Å²) in [6.07, 6.45) is 3.02. The van der Waals surface area contributed by atoms with Gasteiger partial charge in [-0.15, -0.1) is 0 Å². The summed E-state index contributed by atoms with van der Waals surface area (Å²) in [5, 5.41) is 14.6. The fourth-order valence-corrected chi connectivity index (χ4v) is 2.54. The molecule has 3 rings (SSSR count). The van der Waals surface area contributed by atoms with Crippen LogP contribution in [0.3, 0.4) is 0 Å². The summed E-state index contributed by atoms with van der Waals surface area (Å²) < 4.78 is 1.30. The van der Waals surface area contributed by atoms with E-state index in [0.717, 1.165) is 0 Å². The van der Waals surface area contributed by atoms with Crippen molar-refractivity contribution < 1.29 is 4.79 Å². The second-order valence-corrected chi connectivity index (χ2v) is 7.13. The second kappa shape index (κ2) is 6.92. The lowest BCUT2D eigenvalue weighted by molar-refractivity contribution is 0.0919. The molecule has 27 heavy (non-hydrogen) atoms. The topological polar surface area (TPSA) is 104 Å². The maximum atomic E-state index is 12.7. The first kappa shape index (κ1) is 18.1. The van der Waals surface area contributed by atoms with Crippen LogP contribution in [0.4, 0.5) is 0 Å². The molecule has 2 heterocycles. The van der Waals surface area contributed by atoms with Gasteiger partial charge in [0.1, 0.15) is 0 Å². The number of aromatic nitrogens is 3. The van der Waals surface area contributed by atoms with Gasteiger partial charge in [0.2, 0.25) is 0 Å². The number of hydrogen-bond acceptors (Lipinski definition) is 4. The molecule has 2 aromatic heterocycles. The van der Waals surface area contributed by atoms with Crippen molar-refractivity contribution in [1.82, 2.24) is 20.1 Å². The van der Waals surface area contributed by atoms with Gasteiger partial charge in [-0.3, -0.25) is 14.7 Å². The lowest BCUT2D eigenvalue weighted by Gasteiger charge is -2.20. The zero-order valence-electron chi connectivity index (χ0n) is 15.3. The van der Waals surface area contributed by atoms with Crippen molar-refractivity contribution >= 4 is 5.91 Å². The summed E-state index contributed by atoms with van der Waals surface area (Å²) in [6.45, 7) is 5.70. The number of H-pyrrole nitrogens is 1. The third-order valence-corrected chi connectivity index (χ3v) is 3.82. The smallest absolute Gasteiger partial charge is 0.280 e. The number of benzene rings is 1. The Morgan fingerprint density at radius 3 is 2.44 bits per heavy atom. The van der Waals surface area contributed by atoms with Crippen molar-refractivity contribution in [3.8, 4) is 23.0 Å². The number of hydrogen-bond donors (Lipinski definition) is 2. The quantitative estimate of drug-likeness (QED) is 0.748. The van der Waals surface area contributed by atoms with Crippen LogP contribution in [0, 0.1) is 11.3 Å². The molecular formula is C20H19N5O2. The van der Waals surface area contributed by atoms with Crippen LogP contribution in [0.5, 0.6) is 0 Å². The molecule has 2 N–H and O–H groups in total. The minimum absolute atomic E-state index is 0.223. The van der Waals surface area contributed by atoms with Crippen LogP contribution in [0.1, 0.15) is 36.7 Å². The van der Waals surface area contributed by atoms with Crippen LogP contribution in [0.2, 0.25) is 0 Å². The molecule has 0 aliphatic heterocycles. The van der Waals surface area contributed by atoms with Gasteiger partial charge in [-0.1, -0.05) is 12.1 Å². The molecule has 0 saturated carbocycles. The molecule has 136 valence electrons. The molecule has 0 radical (unpaired) electrons. The predicted molar refractivity (Wildman–Crippen MR) is 102 cm³/mol. The molecule has 1 aromatic carbocycles. The van der Waals surface area contributed by atoms with Gasteiger partial charge in [-0.05, 0) is 50.6 Å². The number of rotatable bonds is 3. The molecule has 0 atom stereocenters. The van der Waals surface area contributed by atoms with Gasteiger partial charge in [0, 0.05) is 17.9 Å². The molecule has 0 unspecified atom stereocenters. The number of nitrogens with zero attached hydrogens (tertiary/aromatic N) is 3. The van der Waals surface area contributed by atoms with Gasteiger partial charge in [0.05, 0.1) is 22.8 Å². The van der Waals surface area contributed by atoms with E-state index in [1.165, 1.54) is 10.9 Å². The highest BCUT2D eigenvalue weighted by Crippen LogP contribution is 2.16. The maximum absolute atomic E-state index is 12.7. The largest absolute Gasteiger partial charge is 0.347 e. The van der Waals surface area contributed by atoms with E-state index >= 15 is 0 Å². The number of amides is 1. The number of nitrogens with one attached hydrogen (secondary N) is 2. The number of carbonyl (C=O) groups excluding carboxylic acids is 1. The fraction of sp³-hybridized carbons (Fsp3) is 0.200. The monoisotopic (exact) mass is 361 g/mol. The molecule has 0 fully saturated rings. The highest BCUT2D eigenvalue weighted by Gasteiger charge is 2.16. The van der Waals surface area contributed by atoms with Crippen molar-refractivity contribution in [2.45, 2.75) is 26.3 Å². The standard InChI is InChI=1S/C20H19N5O2/c1-20(2,3)24-18(26)15-8-9-17(22-11-15)25-19(27)16(12-23-25)14-6-4-13(10-21)5-7-14/h4-9,11-12,23H,1-3H3,(H,24,26). The van der Waals surface area contributed by atoms with Crippen LogP contribution >= 0.6 is 0 Å². The molecule has 7 nitrogen and oxygen atoms in total. The van der Waals surface area contributed by atoms with E-state index in [-0.39, 0.29) is 17.0 Å². The Morgan fingerprint density at radius 1 is 1.19 bits per heavy atom. The molecule has 0 spiro atoms. The minimum atomic E-state index is -0.345. The van der Waals surface area contributed by atoms with Crippen molar-refractivity contribution in [3.63, 3.8) is 0 Å². The normalized spacial score (nSPS) is 11.0. The van der Waals surface area contributed by atoms with Gasteiger partial charge >= 0.3 is 0 Å². The molecule has 0 bridgehead atoms. The Morgan fingerprint density at radius 2 is 1.89 bits per heavy atom. The fourth-order valence-electron chi connectivity index (χ4n) is 2.54. The molecule has 7 heteroatoms. The molecular weight excluding hydrogens is 342 g/mol. The van der Waals surface area contributed by atoms with Crippen LogP contribution in [-0.4, -0.2) is 26.2 Å². The van der Waals surface area contributed by atoms with Crippen LogP contribution in [0.15, 0.2) is 53.6 Å². The zero-order chi connectivity index (χ0) is 19.6. The first-order valence-electron chi connectivity index (χ1n) is 8.38. The average molecular weight is 361 g/mol. The number of nitriles is 1. The molecule has 0 aliphatic rings. The Kier molecular flexibility index (Phi) is 4.65. The highest BCUT2D eigenvalue weighted by atomic mass is 16.2. The van der Waals surface area contributed by atoms with E-state index in [2.05, 4.69) is 15.4 Å². The van der Waals surface area contributed by atoms with E-state index in [4.69, 9.17) is 5.26 Å². The van der Waals surface area contributed by atoms with E-state index < -0.39 is 0 Å². The summed E-state index contributed by atoms with van der Waals surface area (Å²) in [6, 6.07) is 12.0.